The van der Waals surface area contributed by atoms with Crippen molar-refractivity contribution in [3.05, 3.63) is 29.7 Å². The number of H-pyrrole nitrogens is 1. The number of nitrogens with zero attached hydrogens (tertiary/aromatic N) is 5. The fourth-order valence-corrected chi connectivity index (χ4v) is 3.79. The first kappa shape index (κ1) is 17.2. The number of fused-ring (bicyclic) bond motifs is 1. The number of nitrogens with one attached hydrogen (secondary N) is 2. The third-order valence-corrected chi connectivity index (χ3v) is 5.48. The summed E-state index contributed by atoms with van der Waals surface area (Å²) in [7, 11) is 2.02. The van der Waals surface area contributed by atoms with Crippen LogP contribution >= 0.6 is 11.6 Å². The average molecular weight is 372 g/mol. The first-order valence-corrected chi connectivity index (χ1v) is 9.18. The van der Waals surface area contributed by atoms with E-state index in [0.717, 1.165) is 49.4 Å². The number of piperidine rings is 1. The van der Waals surface area contributed by atoms with Crippen molar-refractivity contribution in [2.75, 3.05) is 31.6 Å². The molecule has 0 amide bonds. The topological polar surface area (TPSA) is 82.6 Å². The van der Waals surface area contributed by atoms with Gasteiger partial charge in [0, 0.05) is 37.6 Å². The van der Waals surface area contributed by atoms with Gasteiger partial charge < -0.3 is 10.2 Å². The van der Waals surface area contributed by atoms with Crippen LogP contribution in [0.25, 0.3) is 22.4 Å². The molecule has 0 bridgehead atoms. The molecule has 8 heteroatoms. The van der Waals surface area contributed by atoms with Crippen molar-refractivity contribution in [1.29, 1.82) is 0 Å². The minimum Gasteiger partial charge on any atom is -0.355 e. The van der Waals surface area contributed by atoms with E-state index in [2.05, 4.69) is 37.3 Å². The molecule has 26 heavy (non-hydrogen) atoms. The second kappa shape index (κ2) is 6.81. The van der Waals surface area contributed by atoms with Gasteiger partial charge in [-0.25, -0.2) is 9.97 Å². The van der Waals surface area contributed by atoms with Gasteiger partial charge in [-0.3, -0.25) is 10.1 Å². The number of hydrogen-bond acceptors (Lipinski definition) is 6. The van der Waals surface area contributed by atoms with Gasteiger partial charge in [-0.1, -0.05) is 18.5 Å². The zero-order valence-electron chi connectivity index (χ0n) is 15.0. The molecule has 136 valence electrons. The molecule has 3 aromatic heterocycles. The maximum absolute atomic E-state index is 6.24. The van der Waals surface area contributed by atoms with Crippen molar-refractivity contribution < 1.29 is 0 Å². The molecule has 2 N–H and O–H groups in total. The van der Waals surface area contributed by atoms with Crippen LogP contribution in [0, 0.1) is 5.41 Å². The summed E-state index contributed by atoms with van der Waals surface area (Å²) in [5.41, 5.74) is 3.25. The van der Waals surface area contributed by atoms with E-state index >= 15 is 0 Å². The van der Waals surface area contributed by atoms with Gasteiger partial charge in [0.1, 0.15) is 17.0 Å². The normalized spacial score (nSPS) is 17.0. The summed E-state index contributed by atoms with van der Waals surface area (Å²) in [4.78, 5) is 15.7. The van der Waals surface area contributed by atoms with E-state index in [1.807, 2.05) is 19.3 Å². The van der Waals surface area contributed by atoms with E-state index in [1.165, 1.54) is 0 Å². The number of rotatable bonds is 4. The van der Waals surface area contributed by atoms with E-state index in [1.54, 1.807) is 12.4 Å². The second-order valence-corrected chi connectivity index (χ2v) is 7.59. The maximum Gasteiger partial charge on any atom is 0.177 e. The Labute approximate surface area is 157 Å². The lowest BCUT2D eigenvalue weighted by Crippen LogP contribution is -2.43. The SMILES string of the molecule is CNCC1(C)CCN(c2cnc3c(-c4ccncc4Cl)n[nH]c3n2)CC1. The molecular formula is C18H22ClN7. The Bertz CT molecular complexity index is 915. The molecule has 4 rings (SSSR count). The Hall–Kier alpha value is -2.25. The van der Waals surface area contributed by atoms with Gasteiger partial charge in [-0.15, -0.1) is 0 Å². The molecule has 1 aliphatic rings. The standard InChI is InChI=1S/C18H22ClN7/c1-18(11-20-2)4-7-26(8-5-18)14-10-22-16-15(24-25-17(16)23-14)12-3-6-21-9-13(12)19/h3,6,9-10,20H,4-5,7-8,11H2,1-2H3,(H,23,24,25). The second-order valence-electron chi connectivity index (χ2n) is 7.18. The highest BCUT2D eigenvalue weighted by atomic mass is 35.5. The number of hydrogen-bond donors (Lipinski definition) is 2. The molecule has 1 saturated heterocycles. The van der Waals surface area contributed by atoms with Crippen molar-refractivity contribution in [3.8, 4) is 11.3 Å². The molecule has 0 aromatic carbocycles. The number of anilines is 1. The molecule has 0 aliphatic carbocycles. The monoisotopic (exact) mass is 371 g/mol. The van der Waals surface area contributed by atoms with Crippen molar-refractivity contribution in [3.63, 3.8) is 0 Å². The third-order valence-electron chi connectivity index (χ3n) is 5.18. The van der Waals surface area contributed by atoms with Gasteiger partial charge in [0.25, 0.3) is 0 Å². The van der Waals surface area contributed by atoms with Crippen molar-refractivity contribution >= 4 is 28.6 Å². The molecule has 0 saturated carbocycles. The van der Waals surface area contributed by atoms with E-state index in [-0.39, 0.29) is 0 Å². The quantitative estimate of drug-likeness (QED) is 0.733. The summed E-state index contributed by atoms with van der Waals surface area (Å²) in [6, 6.07) is 1.83. The van der Waals surface area contributed by atoms with Crippen LogP contribution in [0.3, 0.4) is 0 Å². The first-order valence-electron chi connectivity index (χ1n) is 8.80. The Kier molecular flexibility index (Phi) is 4.50. The largest absolute Gasteiger partial charge is 0.355 e. The molecule has 7 nitrogen and oxygen atoms in total. The van der Waals surface area contributed by atoms with Crippen LogP contribution in [0.1, 0.15) is 19.8 Å². The predicted molar refractivity (Wildman–Crippen MR) is 103 cm³/mol. The molecule has 0 spiro atoms. The number of aromatic amines is 1. The molecule has 0 atom stereocenters. The Balaban J connectivity index is 1.59. The maximum atomic E-state index is 6.24. The van der Waals surface area contributed by atoms with Crippen molar-refractivity contribution in [2.45, 2.75) is 19.8 Å². The zero-order chi connectivity index (χ0) is 18.1. The lowest BCUT2D eigenvalue weighted by Gasteiger charge is -2.39. The summed E-state index contributed by atoms with van der Waals surface area (Å²) in [5, 5.41) is 11.2. The van der Waals surface area contributed by atoms with E-state index in [0.29, 0.717) is 21.8 Å². The fraction of sp³-hybridized carbons (Fsp3) is 0.444. The summed E-state index contributed by atoms with van der Waals surface area (Å²) in [6.45, 7) is 5.35. The van der Waals surface area contributed by atoms with Gasteiger partial charge in [-0.2, -0.15) is 5.10 Å². The van der Waals surface area contributed by atoms with Crippen LogP contribution in [0.4, 0.5) is 5.82 Å². The van der Waals surface area contributed by atoms with Crippen LogP contribution in [0.5, 0.6) is 0 Å². The van der Waals surface area contributed by atoms with Crippen molar-refractivity contribution in [2.24, 2.45) is 5.41 Å². The highest BCUT2D eigenvalue weighted by Crippen LogP contribution is 2.33. The lowest BCUT2D eigenvalue weighted by molar-refractivity contribution is 0.242. The molecule has 1 aliphatic heterocycles. The molecule has 0 unspecified atom stereocenters. The van der Waals surface area contributed by atoms with Gasteiger partial charge in [-0.05, 0) is 31.4 Å². The number of halogens is 1. The van der Waals surface area contributed by atoms with Crippen LogP contribution in [0.2, 0.25) is 5.02 Å². The highest BCUT2D eigenvalue weighted by Gasteiger charge is 2.30. The summed E-state index contributed by atoms with van der Waals surface area (Å²) >= 11 is 6.24. The van der Waals surface area contributed by atoms with Gasteiger partial charge in [0.05, 0.1) is 11.2 Å². The van der Waals surface area contributed by atoms with E-state index < -0.39 is 0 Å². The van der Waals surface area contributed by atoms with Crippen LogP contribution in [-0.4, -0.2) is 51.8 Å². The van der Waals surface area contributed by atoms with Crippen LogP contribution in [0.15, 0.2) is 24.7 Å². The summed E-state index contributed by atoms with van der Waals surface area (Å²) in [5.74, 6) is 0.889. The fourth-order valence-electron chi connectivity index (χ4n) is 3.58. The van der Waals surface area contributed by atoms with E-state index in [9.17, 15) is 0 Å². The van der Waals surface area contributed by atoms with Gasteiger partial charge >= 0.3 is 0 Å². The Morgan fingerprint density at radius 3 is 2.85 bits per heavy atom. The van der Waals surface area contributed by atoms with Crippen LogP contribution in [-0.2, 0) is 0 Å². The minimum atomic E-state index is 0.349. The zero-order valence-corrected chi connectivity index (χ0v) is 15.7. The molecule has 3 aromatic rings. The smallest absolute Gasteiger partial charge is 0.177 e. The lowest BCUT2D eigenvalue weighted by atomic mass is 9.80. The van der Waals surface area contributed by atoms with Crippen molar-refractivity contribution in [1.82, 2.24) is 30.5 Å². The third kappa shape index (κ3) is 3.12. The van der Waals surface area contributed by atoms with Gasteiger partial charge in [0.2, 0.25) is 0 Å². The van der Waals surface area contributed by atoms with Crippen LogP contribution < -0.4 is 10.2 Å². The minimum absolute atomic E-state index is 0.349. The van der Waals surface area contributed by atoms with Gasteiger partial charge in [0.15, 0.2) is 5.65 Å². The highest BCUT2D eigenvalue weighted by molar-refractivity contribution is 6.33. The van der Waals surface area contributed by atoms with E-state index in [4.69, 9.17) is 16.6 Å². The Morgan fingerprint density at radius 2 is 2.12 bits per heavy atom. The number of aromatic nitrogens is 5. The number of pyridine rings is 1. The summed E-state index contributed by atoms with van der Waals surface area (Å²) in [6.07, 6.45) is 7.40. The molecule has 4 heterocycles. The Morgan fingerprint density at radius 1 is 1.31 bits per heavy atom. The molecular weight excluding hydrogens is 350 g/mol. The summed E-state index contributed by atoms with van der Waals surface area (Å²) < 4.78 is 0. The molecule has 1 fully saturated rings. The average Bonchev–Trinajstić information content (AvgIpc) is 3.06. The molecule has 0 radical (unpaired) electrons. The predicted octanol–water partition coefficient (Wildman–Crippen LogP) is 2.89. The first-order chi connectivity index (χ1) is 12.6.